The molecule has 0 spiro atoms. The van der Waals surface area contributed by atoms with E-state index in [1.807, 2.05) is 12.4 Å². The number of anilines is 1. The Balaban J connectivity index is 2.18. The van der Waals surface area contributed by atoms with E-state index >= 15 is 0 Å². The van der Waals surface area contributed by atoms with Crippen LogP contribution in [0, 0.1) is 12.3 Å². The maximum absolute atomic E-state index is 6.00. The van der Waals surface area contributed by atoms with Gasteiger partial charge in [0.25, 0.3) is 0 Å². The molecule has 1 unspecified atom stereocenters. The third-order valence-electron chi connectivity index (χ3n) is 3.21. The smallest absolute Gasteiger partial charge is 0.0427 e. The molecule has 1 saturated heterocycles. The van der Waals surface area contributed by atoms with Gasteiger partial charge >= 0.3 is 0 Å². The van der Waals surface area contributed by atoms with Gasteiger partial charge in [-0.3, -0.25) is 4.98 Å². The van der Waals surface area contributed by atoms with Crippen molar-refractivity contribution in [1.29, 1.82) is 0 Å². The van der Waals surface area contributed by atoms with Crippen molar-refractivity contribution in [2.75, 3.05) is 23.9 Å². The first-order chi connectivity index (χ1) is 7.14. The fourth-order valence-electron chi connectivity index (χ4n) is 2.16. The molecule has 1 fully saturated rings. The predicted octanol–water partition coefficient (Wildman–Crippen LogP) is 2.85. The summed E-state index contributed by atoms with van der Waals surface area (Å²) in [5, 5.41) is 0. The SMILES string of the molecule is Cc1cnccc1N1CCC(C)(CCl)C1. The quantitative estimate of drug-likeness (QED) is 0.719. The molecule has 0 radical (unpaired) electrons. The van der Waals surface area contributed by atoms with E-state index in [4.69, 9.17) is 11.6 Å². The Morgan fingerprint density at radius 3 is 3.00 bits per heavy atom. The van der Waals surface area contributed by atoms with Gasteiger partial charge in [-0.15, -0.1) is 11.6 Å². The second-order valence-corrected chi connectivity index (χ2v) is 5.05. The first-order valence-corrected chi connectivity index (χ1v) is 5.90. The Labute approximate surface area is 96.3 Å². The van der Waals surface area contributed by atoms with Crippen molar-refractivity contribution < 1.29 is 0 Å². The zero-order valence-corrected chi connectivity index (χ0v) is 10.1. The van der Waals surface area contributed by atoms with Crippen LogP contribution < -0.4 is 4.90 Å². The van der Waals surface area contributed by atoms with Gasteiger partial charge < -0.3 is 4.90 Å². The van der Waals surface area contributed by atoms with Crippen molar-refractivity contribution in [3.63, 3.8) is 0 Å². The first kappa shape index (κ1) is 10.7. The van der Waals surface area contributed by atoms with Crippen LogP contribution in [0.4, 0.5) is 5.69 Å². The van der Waals surface area contributed by atoms with Crippen LogP contribution in [0.2, 0.25) is 0 Å². The summed E-state index contributed by atoms with van der Waals surface area (Å²) in [6.07, 6.45) is 4.96. The van der Waals surface area contributed by atoms with Crippen LogP contribution in [0.15, 0.2) is 18.5 Å². The number of halogens is 1. The lowest BCUT2D eigenvalue weighted by molar-refractivity contribution is 0.425. The Hall–Kier alpha value is -0.760. The van der Waals surface area contributed by atoms with E-state index in [0.29, 0.717) is 0 Å². The van der Waals surface area contributed by atoms with Gasteiger partial charge in [-0.25, -0.2) is 0 Å². The van der Waals surface area contributed by atoms with Gasteiger partial charge in [-0.05, 0) is 25.0 Å². The summed E-state index contributed by atoms with van der Waals surface area (Å²) in [6, 6.07) is 2.09. The van der Waals surface area contributed by atoms with Crippen LogP contribution >= 0.6 is 11.6 Å². The van der Waals surface area contributed by atoms with Crippen molar-refractivity contribution >= 4 is 17.3 Å². The average Bonchev–Trinajstić information content (AvgIpc) is 2.63. The van der Waals surface area contributed by atoms with E-state index in [1.165, 1.54) is 17.7 Å². The molecule has 0 aliphatic carbocycles. The molecular formula is C12H17ClN2. The molecule has 2 nitrogen and oxygen atoms in total. The highest BCUT2D eigenvalue weighted by molar-refractivity contribution is 6.18. The first-order valence-electron chi connectivity index (χ1n) is 5.36. The minimum atomic E-state index is 0.275. The van der Waals surface area contributed by atoms with Crippen LogP contribution in [0.5, 0.6) is 0 Å². The molecule has 82 valence electrons. The van der Waals surface area contributed by atoms with E-state index in [1.54, 1.807) is 0 Å². The molecule has 2 heterocycles. The van der Waals surface area contributed by atoms with Gasteiger partial charge in [0.15, 0.2) is 0 Å². The minimum absolute atomic E-state index is 0.275. The topological polar surface area (TPSA) is 16.1 Å². The largest absolute Gasteiger partial charge is 0.371 e. The zero-order valence-electron chi connectivity index (χ0n) is 9.33. The van der Waals surface area contributed by atoms with Crippen molar-refractivity contribution in [2.45, 2.75) is 20.3 Å². The fourth-order valence-corrected chi connectivity index (χ4v) is 2.38. The summed E-state index contributed by atoms with van der Waals surface area (Å²) < 4.78 is 0. The average molecular weight is 225 g/mol. The maximum atomic E-state index is 6.00. The summed E-state index contributed by atoms with van der Waals surface area (Å²) in [4.78, 5) is 6.54. The van der Waals surface area contributed by atoms with Gasteiger partial charge in [0.2, 0.25) is 0 Å². The van der Waals surface area contributed by atoms with Crippen LogP contribution in [0.3, 0.4) is 0 Å². The molecule has 0 aromatic carbocycles. The molecule has 1 aliphatic rings. The number of rotatable bonds is 2. The highest BCUT2D eigenvalue weighted by Gasteiger charge is 2.33. The molecule has 1 aromatic rings. The molecule has 0 amide bonds. The minimum Gasteiger partial charge on any atom is -0.371 e. The van der Waals surface area contributed by atoms with Gasteiger partial charge in [-0.2, -0.15) is 0 Å². The standard InChI is InChI=1S/C12H17ClN2/c1-10-7-14-5-3-11(10)15-6-4-12(2,8-13)9-15/h3,5,7H,4,6,8-9H2,1-2H3. The number of hydrogen-bond donors (Lipinski definition) is 0. The summed E-state index contributed by atoms with van der Waals surface area (Å²) in [5.41, 5.74) is 2.83. The van der Waals surface area contributed by atoms with Crippen LogP contribution in [0.25, 0.3) is 0 Å². The fraction of sp³-hybridized carbons (Fsp3) is 0.583. The van der Waals surface area contributed by atoms with Crippen LogP contribution in [-0.2, 0) is 0 Å². The Bertz CT molecular complexity index is 353. The van der Waals surface area contributed by atoms with E-state index < -0.39 is 0 Å². The Morgan fingerprint density at radius 2 is 2.40 bits per heavy atom. The van der Waals surface area contributed by atoms with Gasteiger partial charge in [0, 0.05) is 42.5 Å². The van der Waals surface area contributed by atoms with Crippen molar-refractivity contribution in [3.05, 3.63) is 24.0 Å². The van der Waals surface area contributed by atoms with E-state index in [9.17, 15) is 0 Å². The van der Waals surface area contributed by atoms with Crippen molar-refractivity contribution in [2.24, 2.45) is 5.41 Å². The van der Waals surface area contributed by atoms with Gasteiger partial charge in [-0.1, -0.05) is 6.92 Å². The van der Waals surface area contributed by atoms with E-state index in [0.717, 1.165) is 19.0 Å². The molecule has 1 aliphatic heterocycles. The Kier molecular flexibility index (Phi) is 2.87. The summed E-state index contributed by atoms with van der Waals surface area (Å²) in [5.74, 6) is 0.744. The van der Waals surface area contributed by atoms with Gasteiger partial charge in [0.05, 0.1) is 0 Å². The van der Waals surface area contributed by atoms with Crippen molar-refractivity contribution in [1.82, 2.24) is 4.98 Å². The van der Waals surface area contributed by atoms with E-state index in [2.05, 4.69) is 29.8 Å². The lowest BCUT2D eigenvalue weighted by atomic mass is 9.93. The summed E-state index contributed by atoms with van der Waals surface area (Å²) in [7, 11) is 0. The number of aromatic nitrogens is 1. The molecule has 3 heteroatoms. The number of nitrogens with zero attached hydrogens (tertiary/aromatic N) is 2. The lowest BCUT2D eigenvalue weighted by Crippen LogP contribution is -2.26. The molecule has 1 atom stereocenters. The lowest BCUT2D eigenvalue weighted by Gasteiger charge is -2.24. The van der Waals surface area contributed by atoms with E-state index in [-0.39, 0.29) is 5.41 Å². The number of pyridine rings is 1. The van der Waals surface area contributed by atoms with Crippen LogP contribution in [-0.4, -0.2) is 24.0 Å². The Morgan fingerprint density at radius 1 is 1.60 bits per heavy atom. The highest BCUT2D eigenvalue weighted by Crippen LogP contribution is 2.34. The molecule has 0 N–H and O–H groups in total. The summed E-state index contributed by atoms with van der Waals surface area (Å²) in [6.45, 7) is 6.53. The third kappa shape index (κ3) is 2.10. The maximum Gasteiger partial charge on any atom is 0.0427 e. The monoisotopic (exact) mass is 224 g/mol. The molecule has 0 bridgehead atoms. The molecular weight excluding hydrogens is 208 g/mol. The third-order valence-corrected chi connectivity index (χ3v) is 3.86. The number of alkyl halides is 1. The molecule has 2 rings (SSSR count). The van der Waals surface area contributed by atoms with Gasteiger partial charge in [0.1, 0.15) is 0 Å². The van der Waals surface area contributed by atoms with Crippen molar-refractivity contribution in [3.8, 4) is 0 Å². The predicted molar refractivity (Wildman–Crippen MR) is 64.6 cm³/mol. The normalized spacial score (nSPS) is 25.9. The number of aryl methyl sites for hydroxylation is 1. The molecule has 0 saturated carbocycles. The second kappa shape index (κ2) is 4.01. The highest BCUT2D eigenvalue weighted by atomic mass is 35.5. The number of hydrogen-bond acceptors (Lipinski definition) is 2. The summed E-state index contributed by atoms with van der Waals surface area (Å²) >= 11 is 6.00. The van der Waals surface area contributed by atoms with Crippen LogP contribution in [0.1, 0.15) is 18.9 Å². The zero-order chi connectivity index (χ0) is 10.9. The second-order valence-electron chi connectivity index (χ2n) is 4.78. The molecule has 1 aromatic heterocycles. The molecule has 15 heavy (non-hydrogen) atoms.